The van der Waals surface area contributed by atoms with Gasteiger partial charge in [0.25, 0.3) is 0 Å². The molecule has 1 fully saturated rings. The first kappa shape index (κ1) is 26.9. The lowest BCUT2D eigenvalue weighted by molar-refractivity contribution is 0.115. The first-order valence-corrected chi connectivity index (χ1v) is 25.4. The molecule has 168 valence electrons. The second kappa shape index (κ2) is 9.98. The van der Waals surface area contributed by atoms with E-state index < -0.39 is 42.3 Å². The molecule has 1 saturated heterocycles. The van der Waals surface area contributed by atoms with E-state index in [9.17, 15) is 0 Å². The number of rotatable bonds is 14. The van der Waals surface area contributed by atoms with E-state index in [4.69, 9.17) is 25.9 Å². The fourth-order valence-corrected chi connectivity index (χ4v) is 26.7. The molecule has 1 aliphatic heterocycles. The van der Waals surface area contributed by atoms with Crippen LogP contribution in [0.25, 0.3) is 0 Å². The number of ether oxygens (including phenoxy) is 2. The highest BCUT2D eigenvalue weighted by Crippen LogP contribution is 2.29. The van der Waals surface area contributed by atoms with Crippen molar-refractivity contribution in [3.63, 3.8) is 0 Å². The maximum atomic E-state index is 6.75. The minimum atomic E-state index is -2.39. The van der Waals surface area contributed by atoms with E-state index in [1.54, 1.807) is 0 Å². The highest BCUT2D eigenvalue weighted by molar-refractivity contribution is 6.90. The molecule has 0 aromatic carbocycles. The van der Waals surface area contributed by atoms with Crippen LogP contribution < -0.4 is 0 Å². The van der Waals surface area contributed by atoms with Crippen molar-refractivity contribution in [2.75, 3.05) is 19.8 Å². The summed E-state index contributed by atoms with van der Waals surface area (Å²) in [5.41, 5.74) is 0. The van der Waals surface area contributed by atoms with Crippen LogP contribution in [0.4, 0.5) is 0 Å². The van der Waals surface area contributed by atoms with Gasteiger partial charge >= 0.3 is 25.7 Å². The summed E-state index contributed by atoms with van der Waals surface area (Å²) in [7, 11) is -10.4. The summed E-state index contributed by atoms with van der Waals surface area (Å²) in [6.07, 6.45) is 1.26. The average Bonchev–Trinajstić information content (AvgIpc) is 3.13. The van der Waals surface area contributed by atoms with Crippen molar-refractivity contribution in [1.29, 1.82) is 0 Å². The molecule has 0 radical (unpaired) electrons. The molecule has 1 aliphatic rings. The highest BCUT2D eigenvalue weighted by Gasteiger charge is 2.46. The third-order valence-corrected chi connectivity index (χ3v) is 21.1. The third kappa shape index (κ3) is 13.2. The summed E-state index contributed by atoms with van der Waals surface area (Å²) in [4.78, 5) is 0. The molecule has 11 heteroatoms. The fourth-order valence-electron chi connectivity index (χ4n) is 3.54. The van der Waals surface area contributed by atoms with Crippen LogP contribution in [0, 0.1) is 0 Å². The SMILES string of the molecule is C[Si](C)(C)O[Si](C)(C)O[Si](C)(C)O[Si](C)(CCCOCC1CO1)O[Si](C)(C)C. The van der Waals surface area contributed by atoms with Crippen molar-refractivity contribution in [3.8, 4) is 0 Å². The van der Waals surface area contributed by atoms with E-state index >= 15 is 0 Å². The molecule has 2 atom stereocenters. The Hall–Kier alpha value is 0.844. The van der Waals surface area contributed by atoms with Gasteiger partial charge in [-0.2, -0.15) is 0 Å². The van der Waals surface area contributed by atoms with Crippen molar-refractivity contribution in [3.05, 3.63) is 0 Å². The summed E-state index contributed by atoms with van der Waals surface area (Å²) in [6, 6.07) is 0.916. The molecule has 0 aromatic rings. The maximum Gasteiger partial charge on any atom is 0.315 e. The molecule has 28 heavy (non-hydrogen) atoms. The Labute approximate surface area is 178 Å². The second-order valence-electron chi connectivity index (χ2n) is 10.7. The van der Waals surface area contributed by atoms with Crippen LogP contribution in [0.2, 0.25) is 78.1 Å². The predicted molar refractivity (Wildman–Crippen MR) is 128 cm³/mol. The molecule has 0 bridgehead atoms. The van der Waals surface area contributed by atoms with Crippen molar-refractivity contribution in [2.45, 2.75) is 90.6 Å². The van der Waals surface area contributed by atoms with Crippen LogP contribution in [0.15, 0.2) is 0 Å². The molecule has 0 aliphatic carbocycles. The monoisotopic (exact) mass is 484 g/mol. The van der Waals surface area contributed by atoms with Gasteiger partial charge in [0.1, 0.15) is 6.10 Å². The number of hydrogen-bond donors (Lipinski definition) is 0. The minimum Gasteiger partial charge on any atom is -0.437 e. The molecular weight excluding hydrogens is 441 g/mol. The lowest BCUT2D eigenvalue weighted by Gasteiger charge is -2.42. The number of epoxide rings is 1. The maximum absolute atomic E-state index is 6.75. The Bertz CT molecular complexity index is 487. The van der Waals surface area contributed by atoms with E-state index in [1.807, 2.05) is 0 Å². The Morgan fingerprint density at radius 2 is 1.21 bits per heavy atom. The predicted octanol–water partition coefficient (Wildman–Crippen LogP) is 5.00. The average molecular weight is 485 g/mol. The van der Waals surface area contributed by atoms with Gasteiger partial charge in [-0.3, -0.25) is 0 Å². The summed E-state index contributed by atoms with van der Waals surface area (Å²) < 4.78 is 37.2. The van der Waals surface area contributed by atoms with Gasteiger partial charge in [0, 0.05) is 6.61 Å². The first-order valence-electron chi connectivity index (χ1n) is 10.4. The van der Waals surface area contributed by atoms with Gasteiger partial charge in [0.05, 0.1) is 13.2 Å². The van der Waals surface area contributed by atoms with Crippen LogP contribution in [-0.2, 0) is 25.9 Å². The van der Waals surface area contributed by atoms with Gasteiger partial charge in [-0.05, 0) is 84.5 Å². The van der Waals surface area contributed by atoms with E-state index in [1.165, 1.54) is 0 Å². The molecule has 1 rings (SSSR count). The Balaban J connectivity index is 2.69. The molecule has 0 aromatic heterocycles. The normalized spacial score (nSPS) is 20.9. The van der Waals surface area contributed by atoms with Gasteiger partial charge in [0.15, 0.2) is 16.6 Å². The van der Waals surface area contributed by atoms with Gasteiger partial charge in [-0.25, -0.2) is 0 Å². The third-order valence-electron chi connectivity index (χ3n) is 3.65. The van der Waals surface area contributed by atoms with E-state index in [0.717, 1.165) is 25.7 Å². The zero-order chi connectivity index (χ0) is 21.9. The Morgan fingerprint density at radius 3 is 1.68 bits per heavy atom. The molecule has 0 amide bonds. The second-order valence-corrected chi connectivity index (χ2v) is 30.8. The van der Waals surface area contributed by atoms with Crippen LogP contribution in [0.3, 0.4) is 0 Å². The molecule has 0 spiro atoms. The summed E-state index contributed by atoms with van der Waals surface area (Å²) in [5, 5.41) is 0. The van der Waals surface area contributed by atoms with E-state index in [0.29, 0.717) is 12.7 Å². The van der Waals surface area contributed by atoms with Gasteiger partial charge in [0.2, 0.25) is 0 Å². The van der Waals surface area contributed by atoms with Gasteiger partial charge < -0.3 is 25.9 Å². The summed E-state index contributed by atoms with van der Waals surface area (Å²) in [5.74, 6) is 0. The standard InChI is InChI=1S/C17H44O6Si5/c1-24(2,3)20-26(7,8)22-27(9,10)23-28(11,21-25(4,5)6)14-12-13-18-15-17-16-19-17/h17H,12-16H2,1-11H3. The Kier molecular flexibility index (Phi) is 9.58. The molecule has 2 unspecified atom stereocenters. The van der Waals surface area contributed by atoms with Crippen molar-refractivity contribution in [2.24, 2.45) is 0 Å². The zero-order valence-electron chi connectivity index (χ0n) is 20.1. The fraction of sp³-hybridized carbons (Fsp3) is 1.00. The van der Waals surface area contributed by atoms with E-state index in [2.05, 4.69) is 72.0 Å². The lowest BCUT2D eigenvalue weighted by atomic mass is 10.5. The van der Waals surface area contributed by atoms with Crippen LogP contribution in [-0.4, -0.2) is 68.2 Å². The topological polar surface area (TPSA) is 58.7 Å². The molecule has 6 nitrogen and oxygen atoms in total. The quantitative estimate of drug-likeness (QED) is 0.196. The Morgan fingerprint density at radius 1 is 0.714 bits per heavy atom. The molecule has 1 heterocycles. The molecule has 0 N–H and O–H groups in total. The number of hydrogen-bond acceptors (Lipinski definition) is 6. The van der Waals surface area contributed by atoms with E-state index in [-0.39, 0.29) is 0 Å². The van der Waals surface area contributed by atoms with Crippen molar-refractivity contribution in [1.82, 2.24) is 0 Å². The lowest BCUT2D eigenvalue weighted by Crippen LogP contribution is -2.59. The summed E-state index contributed by atoms with van der Waals surface area (Å²) in [6.45, 7) is 26.3. The van der Waals surface area contributed by atoms with Crippen molar-refractivity contribution < 1.29 is 25.9 Å². The minimum absolute atomic E-state index is 0.316. The molecular formula is C17H44O6Si5. The first-order chi connectivity index (χ1) is 12.4. The van der Waals surface area contributed by atoms with Crippen molar-refractivity contribution >= 4 is 42.3 Å². The smallest absolute Gasteiger partial charge is 0.315 e. The summed E-state index contributed by atoms with van der Waals surface area (Å²) >= 11 is 0. The van der Waals surface area contributed by atoms with Crippen LogP contribution in [0.1, 0.15) is 6.42 Å². The van der Waals surface area contributed by atoms with Gasteiger partial charge in [-0.1, -0.05) is 0 Å². The van der Waals surface area contributed by atoms with Crippen LogP contribution in [0.5, 0.6) is 0 Å². The molecule has 0 saturated carbocycles. The largest absolute Gasteiger partial charge is 0.437 e. The highest BCUT2D eigenvalue weighted by atomic mass is 28.5. The van der Waals surface area contributed by atoms with Gasteiger partial charge in [-0.15, -0.1) is 0 Å². The zero-order valence-corrected chi connectivity index (χ0v) is 25.1. The van der Waals surface area contributed by atoms with Crippen LogP contribution >= 0.6 is 0 Å².